The van der Waals surface area contributed by atoms with Crippen LogP contribution >= 0.6 is 0 Å². The first-order chi connectivity index (χ1) is 30.3. The van der Waals surface area contributed by atoms with E-state index in [0.29, 0.717) is 49.4 Å². The Bertz CT molecular complexity index is 1970. The first kappa shape index (κ1) is 47.0. The molecule has 0 fully saturated rings. The van der Waals surface area contributed by atoms with Crippen LogP contribution in [0.5, 0.6) is 23.0 Å². The fourth-order valence-electron chi connectivity index (χ4n) is 6.15. The lowest BCUT2D eigenvalue weighted by atomic mass is 10.1. The molecule has 0 radical (unpaired) electrons. The summed E-state index contributed by atoms with van der Waals surface area (Å²) in [5, 5.41) is 0. The van der Waals surface area contributed by atoms with Gasteiger partial charge < -0.3 is 28.4 Å². The summed E-state index contributed by atoms with van der Waals surface area (Å²) in [6.07, 6.45) is 9.70. The van der Waals surface area contributed by atoms with Gasteiger partial charge in [0.2, 0.25) is 0 Å². The summed E-state index contributed by atoms with van der Waals surface area (Å²) in [6.45, 7) is 13.0. The van der Waals surface area contributed by atoms with E-state index in [9.17, 15) is 9.59 Å². The number of carbonyl (C=O) groups is 2. The van der Waals surface area contributed by atoms with Gasteiger partial charge in [-0.3, -0.25) is 9.98 Å². The van der Waals surface area contributed by atoms with Crippen LogP contribution in [-0.4, -0.2) is 64.0 Å². The first-order valence-corrected chi connectivity index (χ1v) is 21.8. The summed E-state index contributed by atoms with van der Waals surface area (Å²) >= 11 is 0. The lowest BCUT2D eigenvalue weighted by Gasteiger charge is -2.12. The number of hydrogen-bond donors (Lipinski definition) is 0. The Kier molecular flexibility index (Phi) is 19.9. The number of esters is 2. The maximum absolute atomic E-state index is 13.0. The fraction of sp³-hybridized carbons (Fsp3) is 0.346. The molecule has 5 rings (SSSR count). The average molecular weight is 841 g/mol. The minimum atomic E-state index is -0.545. The maximum Gasteiger partial charge on any atom is 0.343 e. The molecule has 0 aromatic heterocycles. The molecule has 5 aromatic carbocycles. The Morgan fingerprint density at radius 2 is 0.871 bits per heavy atom. The van der Waals surface area contributed by atoms with E-state index >= 15 is 0 Å². The van der Waals surface area contributed by atoms with Crippen molar-refractivity contribution in [2.24, 2.45) is 21.8 Å². The predicted octanol–water partition coefficient (Wildman–Crippen LogP) is 12.1. The van der Waals surface area contributed by atoms with E-state index in [2.05, 4.69) is 37.7 Å². The van der Waals surface area contributed by atoms with Crippen LogP contribution in [0.4, 0.5) is 11.4 Å². The van der Waals surface area contributed by atoms with Gasteiger partial charge in [-0.25, -0.2) is 9.59 Å². The van der Waals surface area contributed by atoms with Crippen molar-refractivity contribution in [3.8, 4) is 23.0 Å². The van der Waals surface area contributed by atoms with Gasteiger partial charge in [-0.2, -0.15) is 0 Å². The molecule has 0 atom stereocenters. The number of carbonyl (C=O) groups excluding carboxylic acids is 2. The largest absolute Gasteiger partial charge is 0.494 e. The zero-order valence-electron chi connectivity index (χ0n) is 36.5. The number of rotatable bonds is 26. The molecule has 0 spiro atoms. The van der Waals surface area contributed by atoms with Crippen LogP contribution in [0.25, 0.3) is 0 Å². The van der Waals surface area contributed by atoms with E-state index in [1.807, 2.05) is 48.5 Å². The van der Waals surface area contributed by atoms with Gasteiger partial charge in [0, 0.05) is 57.8 Å². The third kappa shape index (κ3) is 16.4. The van der Waals surface area contributed by atoms with Crippen molar-refractivity contribution in [3.05, 3.63) is 144 Å². The highest BCUT2D eigenvalue weighted by Crippen LogP contribution is 2.23. The predicted molar refractivity (Wildman–Crippen MR) is 247 cm³/mol. The molecule has 0 aliphatic rings. The molecule has 0 saturated heterocycles. The highest BCUT2D eigenvalue weighted by atomic mass is 16.5. The number of aliphatic imine (C=N–C) groups is 2. The Hall–Kier alpha value is -6.10. The van der Waals surface area contributed by atoms with Gasteiger partial charge >= 0.3 is 11.9 Å². The molecular weight excluding hydrogens is 781 g/mol. The Morgan fingerprint density at radius 1 is 0.484 bits per heavy atom. The van der Waals surface area contributed by atoms with E-state index in [4.69, 9.17) is 28.4 Å². The average Bonchev–Trinajstić information content (AvgIpc) is 3.31. The van der Waals surface area contributed by atoms with Gasteiger partial charge in [-0.05, 0) is 108 Å². The van der Waals surface area contributed by atoms with E-state index in [1.54, 1.807) is 79.2 Å². The normalized spacial score (nSPS) is 11.5. The second-order valence-electron chi connectivity index (χ2n) is 14.9. The van der Waals surface area contributed by atoms with Crippen molar-refractivity contribution in [1.29, 1.82) is 0 Å². The Balaban J connectivity index is 1.02. The summed E-state index contributed by atoms with van der Waals surface area (Å²) < 4.78 is 34.4. The quantitative estimate of drug-likeness (QED) is 0.0234. The molecule has 0 bridgehead atoms. The summed E-state index contributed by atoms with van der Waals surface area (Å²) in [5.74, 6) is 2.22. The van der Waals surface area contributed by atoms with Crippen molar-refractivity contribution in [2.75, 3.05) is 39.6 Å². The van der Waals surface area contributed by atoms with Gasteiger partial charge in [0.25, 0.3) is 0 Å². The number of ether oxygens (including phenoxy) is 6. The van der Waals surface area contributed by atoms with Crippen molar-refractivity contribution >= 4 is 35.7 Å². The van der Waals surface area contributed by atoms with Crippen LogP contribution in [0.3, 0.4) is 0 Å². The smallest absolute Gasteiger partial charge is 0.343 e. The molecule has 0 aliphatic carbocycles. The SMILES string of the molecule is CCC(CC)COCCCOc1ccc(N=Cc2ccc(C(=O)Oc3cccc(OC(=O)c4ccc(C=Nc5ccc(OCCCOCC(CC)CC)cc5)cc4)c3)cc2)cc1. The molecule has 0 heterocycles. The van der Waals surface area contributed by atoms with Gasteiger partial charge in [0.05, 0.1) is 35.7 Å². The van der Waals surface area contributed by atoms with Crippen molar-refractivity contribution in [3.63, 3.8) is 0 Å². The molecule has 0 unspecified atom stereocenters. The van der Waals surface area contributed by atoms with Gasteiger partial charge in [-0.1, -0.05) is 83.7 Å². The van der Waals surface area contributed by atoms with Crippen LogP contribution in [0.1, 0.15) is 98.1 Å². The van der Waals surface area contributed by atoms with Crippen molar-refractivity contribution < 1.29 is 38.0 Å². The molecule has 0 N–H and O–H groups in total. The van der Waals surface area contributed by atoms with Gasteiger partial charge in [-0.15, -0.1) is 0 Å². The van der Waals surface area contributed by atoms with Gasteiger partial charge in [0.1, 0.15) is 23.0 Å². The second-order valence-corrected chi connectivity index (χ2v) is 14.9. The second kappa shape index (κ2) is 26.3. The highest BCUT2D eigenvalue weighted by Gasteiger charge is 2.13. The molecule has 0 aliphatic heterocycles. The van der Waals surface area contributed by atoms with Crippen LogP contribution in [0.2, 0.25) is 0 Å². The monoisotopic (exact) mass is 840 g/mol. The van der Waals surface area contributed by atoms with E-state index < -0.39 is 11.9 Å². The number of hydrogen-bond acceptors (Lipinski definition) is 10. The maximum atomic E-state index is 13.0. The zero-order valence-corrected chi connectivity index (χ0v) is 36.5. The summed E-state index contributed by atoms with van der Waals surface area (Å²) in [4.78, 5) is 35.0. The molecule has 10 nitrogen and oxygen atoms in total. The lowest BCUT2D eigenvalue weighted by Crippen LogP contribution is -2.10. The summed E-state index contributed by atoms with van der Waals surface area (Å²) in [6, 6.07) is 35.4. The standard InChI is InChI=1S/C52H60N2O8/c1-5-39(6-2)37-57-30-10-32-59-47-26-22-45(23-27-47)53-35-41-14-18-43(19-15-41)51(55)61-49-12-9-13-50(34-49)62-52(56)44-20-16-42(17-21-44)36-54-46-24-28-48(29-25-46)60-33-11-31-58-38-40(7-3)8-4/h9,12-29,34-36,39-40H,5-8,10-11,30-33,37-38H2,1-4H3. The van der Waals surface area contributed by atoms with Crippen molar-refractivity contribution in [1.82, 2.24) is 0 Å². The first-order valence-electron chi connectivity index (χ1n) is 21.8. The molecule has 62 heavy (non-hydrogen) atoms. The number of benzene rings is 5. The molecule has 0 amide bonds. The van der Waals surface area contributed by atoms with Crippen molar-refractivity contribution in [2.45, 2.75) is 66.2 Å². The van der Waals surface area contributed by atoms with Crippen LogP contribution in [0, 0.1) is 11.8 Å². The topological polar surface area (TPSA) is 114 Å². The fourth-order valence-corrected chi connectivity index (χ4v) is 6.15. The van der Waals surface area contributed by atoms with Gasteiger partial charge in [0.15, 0.2) is 0 Å². The summed E-state index contributed by atoms with van der Waals surface area (Å²) in [7, 11) is 0. The summed E-state index contributed by atoms with van der Waals surface area (Å²) in [5.41, 5.74) is 3.92. The van der Waals surface area contributed by atoms with E-state index in [1.165, 1.54) is 6.07 Å². The third-order valence-electron chi connectivity index (χ3n) is 10.3. The Morgan fingerprint density at radius 3 is 1.24 bits per heavy atom. The van der Waals surface area contributed by atoms with E-state index in [-0.39, 0.29) is 11.5 Å². The molecule has 326 valence electrons. The van der Waals surface area contributed by atoms with Crippen LogP contribution < -0.4 is 18.9 Å². The number of nitrogens with zero attached hydrogens (tertiary/aromatic N) is 2. The molecular formula is C52H60N2O8. The van der Waals surface area contributed by atoms with Crippen LogP contribution in [0.15, 0.2) is 131 Å². The Labute approximate surface area is 366 Å². The zero-order chi connectivity index (χ0) is 43.8. The lowest BCUT2D eigenvalue weighted by molar-refractivity contribution is 0.0732. The van der Waals surface area contributed by atoms with E-state index in [0.717, 1.165) is 85.7 Å². The molecule has 0 saturated carbocycles. The minimum absolute atomic E-state index is 0.243. The third-order valence-corrected chi connectivity index (χ3v) is 10.3. The molecule has 10 heteroatoms. The van der Waals surface area contributed by atoms with Crippen LogP contribution in [-0.2, 0) is 9.47 Å². The highest BCUT2D eigenvalue weighted by molar-refractivity contribution is 5.93. The molecule has 5 aromatic rings. The minimum Gasteiger partial charge on any atom is -0.494 e.